The molecule has 6 heteroatoms. The second kappa shape index (κ2) is 3.82. The molecule has 3 nitrogen and oxygen atoms in total. The Kier molecular flexibility index (Phi) is 2.97. The van der Waals surface area contributed by atoms with E-state index in [2.05, 4.69) is 0 Å². The maximum Gasteiger partial charge on any atom is 0.494 e. The fraction of sp³-hybridized carbons (Fsp3) is 0.143. The number of hydrogen-bond acceptors (Lipinski definition) is 3. The number of benzene rings is 1. The Morgan fingerprint density at radius 3 is 2.31 bits per heavy atom. The van der Waals surface area contributed by atoms with Gasteiger partial charge in [-0.15, -0.1) is 0 Å². The molecule has 0 aliphatic rings. The summed E-state index contributed by atoms with van der Waals surface area (Å²) in [6.07, 6.45) is 0. The molecular weight excluding hydrogens is 181 g/mol. The second-order valence-electron chi connectivity index (χ2n) is 2.47. The van der Waals surface area contributed by atoms with Gasteiger partial charge in [0.25, 0.3) is 0 Å². The molecule has 3 N–H and O–H groups in total. The topological polar surface area (TPSA) is 60.7 Å². The first-order valence-corrected chi connectivity index (χ1v) is 3.51. The molecule has 0 radical (unpaired) electrons. The summed E-state index contributed by atoms with van der Waals surface area (Å²) in [5.41, 5.74) is -1.02. The normalized spacial score (nSPS) is 10.2. The van der Waals surface area contributed by atoms with Gasteiger partial charge in [-0.25, -0.2) is 8.78 Å². The van der Waals surface area contributed by atoms with Crippen LogP contribution in [0.15, 0.2) is 12.1 Å². The molecule has 0 spiro atoms. The van der Waals surface area contributed by atoms with Gasteiger partial charge in [-0.05, 0) is 6.07 Å². The maximum absolute atomic E-state index is 13.1. The number of aliphatic hydroxyl groups is 1. The van der Waals surface area contributed by atoms with Gasteiger partial charge in [0.2, 0.25) is 0 Å². The fourth-order valence-electron chi connectivity index (χ4n) is 0.973. The van der Waals surface area contributed by atoms with E-state index < -0.39 is 30.8 Å². The van der Waals surface area contributed by atoms with E-state index in [9.17, 15) is 8.78 Å². The molecule has 13 heavy (non-hydrogen) atoms. The SMILES string of the molecule is OCc1ccc(F)c(B(O)O)c1F. The molecule has 0 atom stereocenters. The fourth-order valence-corrected chi connectivity index (χ4v) is 0.973. The van der Waals surface area contributed by atoms with Crippen molar-refractivity contribution < 1.29 is 23.9 Å². The van der Waals surface area contributed by atoms with E-state index in [1.807, 2.05) is 0 Å². The van der Waals surface area contributed by atoms with Crippen molar-refractivity contribution in [1.29, 1.82) is 0 Å². The van der Waals surface area contributed by atoms with E-state index >= 15 is 0 Å². The first kappa shape index (κ1) is 10.1. The highest BCUT2D eigenvalue weighted by atomic mass is 19.1. The second-order valence-corrected chi connectivity index (χ2v) is 2.47. The summed E-state index contributed by atoms with van der Waals surface area (Å²) in [6.45, 7) is -0.619. The number of rotatable bonds is 2. The van der Waals surface area contributed by atoms with E-state index in [0.717, 1.165) is 12.1 Å². The zero-order valence-corrected chi connectivity index (χ0v) is 6.54. The third-order valence-electron chi connectivity index (χ3n) is 1.64. The first-order chi connectivity index (χ1) is 6.07. The lowest BCUT2D eigenvalue weighted by molar-refractivity contribution is 0.275. The molecule has 0 aromatic heterocycles. The zero-order valence-electron chi connectivity index (χ0n) is 6.54. The van der Waals surface area contributed by atoms with Crippen LogP contribution in [0.5, 0.6) is 0 Å². The average Bonchev–Trinajstić information content (AvgIpc) is 2.04. The Balaban J connectivity index is 3.30. The largest absolute Gasteiger partial charge is 0.494 e. The number of halogens is 2. The number of hydrogen-bond donors (Lipinski definition) is 3. The lowest BCUT2D eigenvalue weighted by Crippen LogP contribution is -2.36. The Bertz CT molecular complexity index is 317. The quantitative estimate of drug-likeness (QED) is 0.529. The standard InChI is InChI=1S/C7H7BF2O3/c9-5-2-1-4(3-11)7(10)6(5)8(12)13/h1-2,11-13H,3H2. The Morgan fingerprint density at radius 1 is 1.23 bits per heavy atom. The molecule has 0 saturated carbocycles. The van der Waals surface area contributed by atoms with Crippen LogP contribution in [0.25, 0.3) is 0 Å². The molecule has 0 unspecified atom stereocenters. The highest BCUT2D eigenvalue weighted by molar-refractivity contribution is 6.58. The van der Waals surface area contributed by atoms with Crippen LogP contribution in [-0.4, -0.2) is 22.3 Å². The van der Waals surface area contributed by atoms with E-state index in [1.54, 1.807) is 0 Å². The van der Waals surface area contributed by atoms with Crippen LogP contribution in [-0.2, 0) is 6.61 Å². The van der Waals surface area contributed by atoms with Gasteiger partial charge in [-0.3, -0.25) is 0 Å². The smallest absolute Gasteiger partial charge is 0.423 e. The molecule has 0 aliphatic heterocycles. The van der Waals surface area contributed by atoms with Crippen molar-refractivity contribution in [3.05, 3.63) is 29.3 Å². The minimum atomic E-state index is -2.22. The molecular formula is C7H7BF2O3. The van der Waals surface area contributed by atoms with E-state index in [1.165, 1.54) is 0 Å². The van der Waals surface area contributed by atoms with E-state index in [0.29, 0.717) is 0 Å². The highest BCUT2D eigenvalue weighted by Crippen LogP contribution is 2.07. The van der Waals surface area contributed by atoms with Crippen molar-refractivity contribution in [1.82, 2.24) is 0 Å². The summed E-state index contributed by atoms with van der Waals surface area (Å²) >= 11 is 0. The van der Waals surface area contributed by atoms with Gasteiger partial charge in [-0.1, -0.05) is 6.07 Å². The Hall–Kier alpha value is -0.975. The minimum absolute atomic E-state index is 0.176. The number of aliphatic hydroxyl groups excluding tert-OH is 1. The molecule has 0 aliphatic carbocycles. The summed E-state index contributed by atoms with van der Waals surface area (Å²) in [7, 11) is -2.22. The highest BCUT2D eigenvalue weighted by Gasteiger charge is 2.23. The Morgan fingerprint density at radius 2 is 1.85 bits per heavy atom. The van der Waals surface area contributed by atoms with Crippen LogP contribution in [0.3, 0.4) is 0 Å². The van der Waals surface area contributed by atoms with Crippen molar-refractivity contribution in [2.24, 2.45) is 0 Å². The summed E-state index contributed by atoms with van der Waals surface area (Å²) in [6, 6.07) is 1.90. The van der Waals surface area contributed by atoms with Crippen LogP contribution in [0.4, 0.5) is 8.78 Å². The van der Waals surface area contributed by atoms with Crippen LogP contribution in [0.1, 0.15) is 5.56 Å². The molecule has 1 aromatic carbocycles. The zero-order chi connectivity index (χ0) is 10.0. The molecule has 0 bridgehead atoms. The predicted octanol–water partition coefficient (Wildman–Crippen LogP) is -0.863. The van der Waals surface area contributed by atoms with Gasteiger partial charge in [0.1, 0.15) is 11.6 Å². The predicted molar refractivity (Wildman–Crippen MR) is 42.1 cm³/mol. The molecule has 0 fully saturated rings. The molecule has 0 saturated heterocycles. The van der Waals surface area contributed by atoms with Crippen molar-refractivity contribution >= 4 is 12.6 Å². The molecule has 1 rings (SSSR count). The summed E-state index contributed by atoms with van der Waals surface area (Å²) < 4.78 is 25.8. The van der Waals surface area contributed by atoms with Crippen LogP contribution in [0.2, 0.25) is 0 Å². The van der Waals surface area contributed by atoms with E-state index in [-0.39, 0.29) is 5.56 Å². The van der Waals surface area contributed by atoms with Gasteiger partial charge in [-0.2, -0.15) is 0 Å². The van der Waals surface area contributed by atoms with Gasteiger partial charge in [0.05, 0.1) is 12.1 Å². The average molecular weight is 188 g/mol. The van der Waals surface area contributed by atoms with Gasteiger partial charge in [0.15, 0.2) is 0 Å². The third-order valence-corrected chi connectivity index (χ3v) is 1.64. The van der Waals surface area contributed by atoms with Gasteiger partial charge < -0.3 is 15.2 Å². The van der Waals surface area contributed by atoms with Gasteiger partial charge in [0, 0.05) is 5.56 Å². The molecule has 0 heterocycles. The molecule has 1 aromatic rings. The first-order valence-electron chi connectivity index (χ1n) is 3.51. The third kappa shape index (κ3) is 1.85. The summed E-state index contributed by atoms with van der Waals surface area (Å²) in [5.74, 6) is -2.18. The van der Waals surface area contributed by atoms with Crippen molar-refractivity contribution in [3.8, 4) is 0 Å². The van der Waals surface area contributed by atoms with Crippen molar-refractivity contribution in [2.75, 3.05) is 0 Å². The molecule has 70 valence electrons. The minimum Gasteiger partial charge on any atom is -0.423 e. The van der Waals surface area contributed by atoms with Crippen LogP contribution in [0, 0.1) is 11.6 Å². The monoisotopic (exact) mass is 188 g/mol. The lowest BCUT2D eigenvalue weighted by atomic mass is 9.78. The van der Waals surface area contributed by atoms with Crippen molar-refractivity contribution in [2.45, 2.75) is 6.61 Å². The summed E-state index contributed by atoms with van der Waals surface area (Å²) in [4.78, 5) is 0. The van der Waals surface area contributed by atoms with Gasteiger partial charge >= 0.3 is 7.12 Å². The summed E-state index contributed by atoms with van der Waals surface area (Å²) in [5, 5.41) is 25.8. The Labute approximate surface area is 73.4 Å². The maximum atomic E-state index is 13.1. The lowest BCUT2D eigenvalue weighted by Gasteiger charge is -2.06. The van der Waals surface area contributed by atoms with Crippen LogP contribution < -0.4 is 5.46 Å². The van der Waals surface area contributed by atoms with E-state index in [4.69, 9.17) is 15.2 Å². The van der Waals surface area contributed by atoms with Crippen molar-refractivity contribution in [3.63, 3.8) is 0 Å². The van der Waals surface area contributed by atoms with Crippen LogP contribution >= 0.6 is 0 Å². The molecule has 0 amide bonds.